The van der Waals surface area contributed by atoms with E-state index in [-0.39, 0.29) is 42.1 Å². The molecule has 30 heavy (non-hydrogen) atoms. The maximum absolute atomic E-state index is 12.6. The van der Waals surface area contributed by atoms with Gasteiger partial charge in [-0.2, -0.15) is 0 Å². The van der Waals surface area contributed by atoms with Gasteiger partial charge in [-0.05, 0) is 36.0 Å². The van der Waals surface area contributed by atoms with Crippen LogP contribution in [0.4, 0.5) is 5.69 Å². The molecule has 0 atom stereocenters. The zero-order chi connectivity index (χ0) is 21.3. The molecule has 0 radical (unpaired) electrons. The first-order chi connectivity index (χ1) is 14.3. The van der Waals surface area contributed by atoms with E-state index in [1.54, 1.807) is 4.90 Å². The van der Waals surface area contributed by atoms with Crippen molar-refractivity contribution < 1.29 is 18.7 Å². The molecule has 1 aliphatic heterocycles. The minimum atomic E-state index is -0.222. The van der Waals surface area contributed by atoms with Crippen LogP contribution in [0.2, 0.25) is 0 Å². The zero-order valence-corrected chi connectivity index (χ0v) is 17.9. The second-order valence-electron chi connectivity index (χ2n) is 9.14. The third-order valence-corrected chi connectivity index (χ3v) is 5.79. The van der Waals surface area contributed by atoms with Crippen LogP contribution in [0, 0.1) is 0 Å². The summed E-state index contributed by atoms with van der Waals surface area (Å²) >= 11 is 0. The number of oxazole rings is 1. The zero-order valence-electron chi connectivity index (χ0n) is 17.9. The lowest BCUT2D eigenvalue weighted by atomic mass is 9.86. The number of hydrogen-bond acceptors (Lipinski definition) is 5. The molecule has 2 heterocycles. The van der Waals surface area contributed by atoms with Crippen molar-refractivity contribution in [1.29, 1.82) is 0 Å². The fraction of sp³-hybridized carbons (Fsp3) is 0.522. The average molecular weight is 412 g/mol. The lowest BCUT2D eigenvalue weighted by molar-refractivity contribution is -0.121. The normalized spacial score (nSPS) is 17.4. The monoisotopic (exact) mass is 411 g/mol. The Morgan fingerprint density at radius 2 is 2.00 bits per heavy atom. The predicted octanol–water partition coefficient (Wildman–Crippen LogP) is 3.96. The Hall–Kier alpha value is -2.83. The van der Waals surface area contributed by atoms with Crippen LogP contribution in [0.15, 0.2) is 28.9 Å². The molecule has 2 amide bonds. The van der Waals surface area contributed by atoms with Crippen LogP contribution >= 0.6 is 0 Å². The Balaban J connectivity index is 1.51. The number of aromatic nitrogens is 1. The van der Waals surface area contributed by atoms with Crippen LogP contribution < -0.4 is 15.0 Å². The van der Waals surface area contributed by atoms with Gasteiger partial charge in [-0.3, -0.25) is 14.5 Å². The van der Waals surface area contributed by atoms with Crippen LogP contribution in [0.1, 0.15) is 74.8 Å². The lowest BCUT2D eigenvalue weighted by Gasteiger charge is -2.30. The van der Waals surface area contributed by atoms with Crippen LogP contribution in [0.25, 0.3) is 0 Å². The summed E-state index contributed by atoms with van der Waals surface area (Å²) in [4.78, 5) is 31.0. The van der Waals surface area contributed by atoms with E-state index < -0.39 is 0 Å². The standard InChI is InChI=1S/C23H29N3O4/c1-23(2,3)15-9-10-19-18(11-15)26(21(27)14-29-19)12-20-25-17(13-30-20)22(28)24-16-7-5-4-6-8-16/h9-11,13,16H,4-8,12,14H2,1-3H3,(H,24,28). The summed E-state index contributed by atoms with van der Waals surface area (Å²) in [6, 6.07) is 6.10. The van der Waals surface area contributed by atoms with Crippen molar-refractivity contribution in [3.05, 3.63) is 41.6 Å². The number of benzene rings is 1. The van der Waals surface area contributed by atoms with Gasteiger partial charge in [0, 0.05) is 6.04 Å². The van der Waals surface area contributed by atoms with E-state index in [0.717, 1.165) is 31.2 Å². The Bertz CT molecular complexity index is 938. The molecule has 1 aliphatic carbocycles. The molecule has 7 nitrogen and oxygen atoms in total. The van der Waals surface area contributed by atoms with E-state index in [1.807, 2.05) is 18.2 Å². The largest absolute Gasteiger partial charge is 0.482 e. The smallest absolute Gasteiger partial charge is 0.273 e. The highest BCUT2D eigenvalue weighted by Crippen LogP contribution is 2.37. The van der Waals surface area contributed by atoms with Crippen molar-refractivity contribution in [2.24, 2.45) is 0 Å². The van der Waals surface area contributed by atoms with E-state index in [0.29, 0.717) is 17.3 Å². The predicted molar refractivity (Wildman–Crippen MR) is 113 cm³/mol. The average Bonchev–Trinajstić information content (AvgIpc) is 3.19. The van der Waals surface area contributed by atoms with Crippen molar-refractivity contribution in [1.82, 2.24) is 10.3 Å². The second-order valence-corrected chi connectivity index (χ2v) is 9.14. The highest BCUT2D eigenvalue weighted by molar-refractivity contribution is 5.98. The number of carbonyl (C=O) groups excluding carboxylic acids is 2. The maximum atomic E-state index is 12.6. The molecule has 0 bridgehead atoms. The number of carbonyl (C=O) groups is 2. The SMILES string of the molecule is CC(C)(C)c1ccc2c(c1)N(Cc1nc(C(=O)NC3CCCCC3)co1)C(=O)CO2. The van der Waals surface area contributed by atoms with Gasteiger partial charge in [0.1, 0.15) is 18.6 Å². The molecular formula is C23H29N3O4. The number of rotatable bonds is 4. The molecule has 160 valence electrons. The highest BCUT2D eigenvalue weighted by Gasteiger charge is 2.29. The molecule has 1 aromatic carbocycles. The minimum Gasteiger partial charge on any atom is -0.482 e. The first kappa shape index (κ1) is 20.4. The first-order valence-corrected chi connectivity index (χ1v) is 10.6. The number of fused-ring (bicyclic) bond motifs is 1. The number of amides is 2. The quantitative estimate of drug-likeness (QED) is 0.823. The van der Waals surface area contributed by atoms with Crippen molar-refractivity contribution in [2.75, 3.05) is 11.5 Å². The number of hydrogen-bond donors (Lipinski definition) is 1. The molecule has 7 heteroatoms. The summed E-state index contributed by atoms with van der Waals surface area (Å²) in [5, 5.41) is 3.04. The van der Waals surface area contributed by atoms with Gasteiger partial charge in [-0.1, -0.05) is 46.1 Å². The van der Waals surface area contributed by atoms with E-state index in [2.05, 4.69) is 31.1 Å². The van der Waals surface area contributed by atoms with Gasteiger partial charge in [0.05, 0.1) is 5.69 Å². The minimum absolute atomic E-state index is 0.0302. The maximum Gasteiger partial charge on any atom is 0.273 e. The summed E-state index contributed by atoms with van der Waals surface area (Å²) in [7, 11) is 0. The lowest BCUT2D eigenvalue weighted by Crippen LogP contribution is -2.38. The van der Waals surface area contributed by atoms with Gasteiger partial charge >= 0.3 is 0 Å². The molecule has 4 rings (SSSR count). The molecule has 2 aliphatic rings. The van der Waals surface area contributed by atoms with Gasteiger partial charge in [0.15, 0.2) is 12.3 Å². The van der Waals surface area contributed by atoms with Crippen molar-refractivity contribution in [3.63, 3.8) is 0 Å². The van der Waals surface area contributed by atoms with E-state index in [4.69, 9.17) is 9.15 Å². The van der Waals surface area contributed by atoms with Gasteiger partial charge in [0.2, 0.25) is 5.89 Å². The molecule has 0 saturated heterocycles. The summed E-state index contributed by atoms with van der Waals surface area (Å²) in [6.45, 7) is 6.48. The Kier molecular flexibility index (Phi) is 5.54. The summed E-state index contributed by atoms with van der Waals surface area (Å²) < 4.78 is 11.1. The fourth-order valence-corrected chi connectivity index (χ4v) is 3.97. The summed E-state index contributed by atoms with van der Waals surface area (Å²) in [6.07, 6.45) is 6.89. The Labute approximate surface area is 176 Å². The fourth-order valence-electron chi connectivity index (χ4n) is 3.97. The molecule has 1 aromatic heterocycles. The number of anilines is 1. The van der Waals surface area contributed by atoms with Crippen LogP contribution in [0.3, 0.4) is 0 Å². The summed E-state index contributed by atoms with van der Waals surface area (Å²) in [5.74, 6) is 0.594. The molecule has 1 saturated carbocycles. The molecule has 0 spiro atoms. The third kappa shape index (κ3) is 4.35. The topological polar surface area (TPSA) is 84.7 Å². The molecule has 2 aromatic rings. The van der Waals surface area contributed by atoms with E-state index in [9.17, 15) is 9.59 Å². The van der Waals surface area contributed by atoms with Gasteiger partial charge in [-0.25, -0.2) is 4.98 Å². The first-order valence-electron chi connectivity index (χ1n) is 10.6. The van der Waals surface area contributed by atoms with E-state index >= 15 is 0 Å². The Morgan fingerprint density at radius 1 is 1.23 bits per heavy atom. The molecule has 0 unspecified atom stereocenters. The number of ether oxygens (including phenoxy) is 1. The second kappa shape index (κ2) is 8.13. The van der Waals surface area contributed by atoms with Crippen molar-refractivity contribution in [3.8, 4) is 5.75 Å². The van der Waals surface area contributed by atoms with Crippen LogP contribution in [-0.4, -0.2) is 29.4 Å². The summed E-state index contributed by atoms with van der Waals surface area (Å²) in [5.41, 5.74) is 1.99. The van der Waals surface area contributed by atoms with Crippen LogP contribution in [0.5, 0.6) is 5.75 Å². The molecular weight excluding hydrogens is 382 g/mol. The van der Waals surface area contributed by atoms with Crippen LogP contribution in [-0.2, 0) is 16.8 Å². The number of nitrogens with one attached hydrogen (secondary N) is 1. The van der Waals surface area contributed by atoms with Gasteiger partial charge in [-0.15, -0.1) is 0 Å². The van der Waals surface area contributed by atoms with Gasteiger partial charge < -0.3 is 14.5 Å². The van der Waals surface area contributed by atoms with Crippen molar-refractivity contribution >= 4 is 17.5 Å². The van der Waals surface area contributed by atoms with E-state index in [1.165, 1.54) is 12.7 Å². The third-order valence-electron chi connectivity index (χ3n) is 5.79. The molecule has 1 N–H and O–H groups in total. The Morgan fingerprint density at radius 3 is 2.73 bits per heavy atom. The highest BCUT2D eigenvalue weighted by atomic mass is 16.5. The molecule has 1 fully saturated rings. The van der Waals surface area contributed by atoms with Gasteiger partial charge in [0.25, 0.3) is 11.8 Å². The number of nitrogens with zero attached hydrogens (tertiary/aromatic N) is 2. The van der Waals surface area contributed by atoms with Crippen molar-refractivity contribution in [2.45, 2.75) is 70.9 Å².